The van der Waals surface area contributed by atoms with Crippen LogP contribution >= 0.6 is 11.3 Å². The number of carbonyl (C=O) groups is 2. The van der Waals surface area contributed by atoms with Crippen LogP contribution in [0.3, 0.4) is 0 Å². The lowest BCUT2D eigenvalue weighted by Gasteiger charge is -2.28. The third kappa shape index (κ3) is 5.57. The molecule has 3 amide bonds. The summed E-state index contributed by atoms with van der Waals surface area (Å²) in [5, 5.41) is 15.1. The number of benzene rings is 1. The SMILES string of the molecule is O=C(CCNC(=O)N(Cc1ccccc1O)CC1CCCO1)N1CCc2sccc2C1. The zero-order valence-corrected chi connectivity index (χ0v) is 18.4. The molecule has 4 rings (SSSR count). The van der Waals surface area contributed by atoms with E-state index < -0.39 is 0 Å². The second-order valence-corrected chi connectivity index (χ2v) is 9.06. The van der Waals surface area contributed by atoms with E-state index in [4.69, 9.17) is 4.74 Å². The van der Waals surface area contributed by atoms with E-state index in [1.807, 2.05) is 17.0 Å². The van der Waals surface area contributed by atoms with Crippen molar-refractivity contribution in [1.82, 2.24) is 15.1 Å². The van der Waals surface area contributed by atoms with Gasteiger partial charge in [0.05, 0.1) is 12.6 Å². The van der Waals surface area contributed by atoms with E-state index in [1.165, 1.54) is 10.4 Å². The molecule has 2 aromatic rings. The predicted octanol–water partition coefficient (Wildman–Crippen LogP) is 3.12. The van der Waals surface area contributed by atoms with Gasteiger partial charge in [0.25, 0.3) is 0 Å². The molecule has 2 N–H and O–H groups in total. The molecule has 0 bridgehead atoms. The zero-order valence-electron chi connectivity index (χ0n) is 17.6. The average Bonchev–Trinajstić information content (AvgIpc) is 3.45. The highest BCUT2D eigenvalue weighted by atomic mass is 32.1. The number of thiophene rings is 1. The number of fused-ring (bicyclic) bond motifs is 1. The van der Waals surface area contributed by atoms with Crippen molar-refractivity contribution >= 4 is 23.3 Å². The average molecular weight is 444 g/mol. The van der Waals surface area contributed by atoms with Crippen LogP contribution in [0.1, 0.15) is 35.3 Å². The Morgan fingerprint density at radius 2 is 2.16 bits per heavy atom. The summed E-state index contributed by atoms with van der Waals surface area (Å²) < 4.78 is 5.70. The minimum atomic E-state index is -0.245. The molecule has 1 fully saturated rings. The Balaban J connectivity index is 1.30. The number of phenols is 1. The first-order valence-corrected chi connectivity index (χ1v) is 11.7. The molecule has 8 heteroatoms. The number of nitrogens with one attached hydrogen (secondary N) is 1. The second-order valence-electron chi connectivity index (χ2n) is 8.06. The molecule has 1 saturated heterocycles. The van der Waals surface area contributed by atoms with Gasteiger partial charge in [0.15, 0.2) is 0 Å². The van der Waals surface area contributed by atoms with Gasteiger partial charge in [0.2, 0.25) is 5.91 Å². The van der Waals surface area contributed by atoms with Crippen molar-refractivity contribution in [1.29, 1.82) is 0 Å². The summed E-state index contributed by atoms with van der Waals surface area (Å²) in [6.07, 6.45) is 3.10. The van der Waals surface area contributed by atoms with Crippen LogP contribution in [0.4, 0.5) is 4.79 Å². The summed E-state index contributed by atoms with van der Waals surface area (Å²) in [7, 11) is 0. The molecular formula is C23H29N3O4S. The molecule has 1 aromatic carbocycles. The minimum absolute atomic E-state index is 0.00592. The number of urea groups is 1. The van der Waals surface area contributed by atoms with E-state index in [1.54, 1.807) is 28.4 Å². The second kappa shape index (κ2) is 10.2. The van der Waals surface area contributed by atoms with Crippen LogP contribution in [0.25, 0.3) is 0 Å². The summed E-state index contributed by atoms with van der Waals surface area (Å²) in [6, 6.07) is 8.87. The van der Waals surface area contributed by atoms with E-state index in [9.17, 15) is 14.7 Å². The van der Waals surface area contributed by atoms with Crippen LogP contribution in [-0.4, -0.2) is 59.2 Å². The Hall–Kier alpha value is -2.58. The van der Waals surface area contributed by atoms with E-state index in [0.717, 1.165) is 25.8 Å². The summed E-state index contributed by atoms with van der Waals surface area (Å²) in [4.78, 5) is 30.4. The number of hydrogen-bond acceptors (Lipinski definition) is 5. The van der Waals surface area contributed by atoms with Crippen LogP contribution in [0.5, 0.6) is 5.75 Å². The summed E-state index contributed by atoms with van der Waals surface area (Å²) in [5.74, 6) is 0.226. The molecule has 0 saturated carbocycles. The summed E-state index contributed by atoms with van der Waals surface area (Å²) in [6.45, 7) is 3.14. The molecule has 166 valence electrons. The highest BCUT2D eigenvalue weighted by Crippen LogP contribution is 2.24. The van der Waals surface area contributed by atoms with Gasteiger partial charge in [-0.25, -0.2) is 4.79 Å². The lowest BCUT2D eigenvalue weighted by molar-refractivity contribution is -0.131. The number of carbonyl (C=O) groups excluding carboxylic acids is 2. The molecule has 2 aliphatic rings. The Kier molecular flexibility index (Phi) is 7.09. The molecule has 0 radical (unpaired) electrons. The van der Waals surface area contributed by atoms with Gasteiger partial charge in [0.1, 0.15) is 5.75 Å². The molecule has 1 atom stereocenters. The monoisotopic (exact) mass is 443 g/mol. The van der Waals surface area contributed by atoms with Gasteiger partial charge in [-0.2, -0.15) is 0 Å². The number of phenolic OH excluding ortho intramolecular Hbond substituents is 1. The first-order chi connectivity index (χ1) is 15.1. The van der Waals surface area contributed by atoms with Crippen LogP contribution in [0.15, 0.2) is 35.7 Å². The largest absolute Gasteiger partial charge is 0.508 e. The summed E-state index contributed by atoms with van der Waals surface area (Å²) >= 11 is 1.75. The molecule has 0 spiro atoms. The molecular weight excluding hydrogens is 414 g/mol. The molecule has 1 aromatic heterocycles. The smallest absolute Gasteiger partial charge is 0.317 e. The van der Waals surface area contributed by atoms with Gasteiger partial charge < -0.3 is 25.0 Å². The van der Waals surface area contributed by atoms with E-state index in [-0.39, 0.29) is 36.8 Å². The fourth-order valence-electron chi connectivity index (χ4n) is 4.11. The molecule has 3 heterocycles. The van der Waals surface area contributed by atoms with Crippen LogP contribution in [-0.2, 0) is 29.0 Å². The van der Waals surface area contributed by atoms with Crippen molar-refractivity contribution in [2.24, 2.45) is 0 Å². The Morgan fingerprint density at radius 3 is 2.97 bits per heavy atom. The zero-order chi connectivity index (χ0) is 21.6. The van der Waals surface area contributed by atoms with Gasteiger partial charge in [-0.3, -0.25) is 4.79 Å². The van der Waals surface area contributed by atoms with Gasteiger partial charge in [-0.1, -0.05) is 18.2 Å². The van der Waals surface area contributed by atoms with E-state index >= 15 is 0 Å². The van der Waals surface area contributed by atoms with Crippen molar-refractivity contribution in [2.75, 3.05) is 26.2 Å². The van der Waals surface area contributed by atoms with Gasteiger partial charge in [-0.15, -0.1) is 11.3 Å². The number of ether oxygens (including phenoxy) is 1. The van der Waals surface area contributed by atoms with Crippen LogP contribution < -0.4 is 5.32 Å². The maximum absolute atomic E-state index is 12.9. The molecule has 1 unspecified atom stereocenters. The predicted molar refractivity (Wildman–Crippen MR) is 119 cm³/mol. The number of aromatic hydroxyl groups is 1. The first-order valence-electron chi connectivity index (χ1n) is 10.8. The Labute approximate surface area is 186 Å². The van der Waals surface area contributed by atoms with E-state index in [2.05, 4.69) is 16.8 Å². The fourth-order valence-corrected chi connectivity index (χ4v) is 5.00. The molecule has 0 aliphatic carbocycles. The van der Waals surface area contributed by atoms with Crippen LogP contribution in [0, 0.1) is 0 Å². The summed E-state index contributed by atoms with van der Waals surface area (Å²) in [5.41, 5.74) is 1.92. The highest BCUT2D eigenvalue weighted by molar-refractivity contribution is 7.10. The number of amides is 3. The maximum Gasteiger partial charge on any atom is 0.317 e. The van der Waals surface area contributed by atoms with Crippen molar-refractivity contribution in [3.05, 3.63) is 51.7 Å². The molecule has 2 aliphatic heterocycles. The minimum Gasteiger partial charge on any atom is -0.508 e. The standard InChI is InChI=1S/C23H29N3O4S/c27-20-6-2-1-4-17(20)14-26(16-19-5-3-12-30-19)23(29)24-10-7-22(28)25-11-8-21-18(15-25)9-13-31-21/h1-2,4,6,9,13,19,27H,3,5,7-8,10-12,14-16H2,(H,24,29). The van der Waals surface area contributed by atoms with Gasteiger partial charge >= 0.3 is 6.03 Å². The molecule has 7 nitrogen and oxygen atoms in total. The van der Waals surface area contributed by atoms with Gasteiger partial charge in [0, 0.05) is 49.6 Å². The Morgan fingerprint density at radius 1 is 1.29 bits per heavy atom. The maximum atomic E-state index is 12.9. The number of hydrogen-bond donors (Lipinski definition) is 2. The fraction of sp³-hybridized carbons (Fsp3) is 0.478. The third-order valence-electron chi connectivity index (χ3n) is 5.86. The van der Waals surface area contributed by atoms with Crippen LogP contribution in [0.2, 0.25) is 0 Å². The highest BCUT2D eigenvalue weighted by Gasteiger charge is 2.24. The topological polar surface area (TPSA) is 82.1 Å². The lowest BCUT2D eigenvalue weighted by atomic mass is 10.1. The molecule has 31 heavy (non-hydrogen) atoms. The first kappa shape index (κ1) is 21.6. The number of nitrogens with zero attached hydrogens (tertiary/aromatic N) is 2. The Bertz CT molecular complexity index is 910. The quantitative estimate of drug-likeness (QED) is 0.689. The van der Waals surface area contributed by atoms with Crippen molar-refractivity contribution in [3.8, 4) is 5.75 Å². The lowest BCUT2D eigenvalue weighted by Crippen LogP contribution is -2.44. The van der Waals surface area contributed by atoms with Crippen molar-refractivity contribution < 1.29 is 19.4 Å². The number of para-hydroxylation sites is 1. The van der Waals surface area contributed by atoms with Crippen molar-refractivity contribution in [3.63, 3.8) is 0 Å². The third-order valence-corrected chi connectivity index (χ3v) is 6.89. The van der Waals surface area contributed by atoms with E-state index in [0.29, 0.717) is 31.8 Å². The van der Waals surface area contributed by atoms with Crippen molar-refractivity contribution in [2.45, 2.75) is 44.9 Å². The number of rotatable bonds is 7. The van der Waals surface area contributed by atoms with Gasteiger partial charge in [-0.05, 0) is 42.3 Å². The normalized spacial score (nSPS) is 17.9.